The van der Waals surface area contributed by atoms with Crippen LogP contribution < -0.4 is 16.9 Å². The molecule has 21 heavy (non-hydrogen) atoms. The van der Waals surface area contributed by atoms with E-state index in [0.717, 1.165) is 5.69 Å². The molecule has 1 aromatic heterocycles. The van der Waals surface area contributed by atoms with E-state index in [1.54, 1.807) is 11.3 Å². The molecule has 0 saturated heterocycles. The number of nitrogens with two attached hydrogens (primary N) is 2. The first-order valence-corrected chi connectivity index (χ1v) is 7.72. The van der Waals surface area contributed by atoms with Gasteiger partial charge in [-0.05, 0) is 43.2 Å². The molecule has 1 aromatic carbocycles. The Morgan fingerprint density at radius 2 is 2.00 bits per heavy atom. The molecule has 0 spiro atoms. The maximum atomic E-state index is 5.57. The summed E-state index contributed by atoms with van der Waals surface area (Å²) in [5, 5.41) is 1.21. The molecule has 114 valence electrons. The summed E-state index contributed by atoms with van der Waals surface area (Å²) in [6, 6.07) is 8.29. The average Bonchev–Trinajstić information content (AvgIpc) is 2.83. The van der Waals surface area contributed by atoms with Gasteiger partial charge >= 0.3 is 0 Å². The van der Waals surface area contributed by atoms with Crippen LogP contribution >= 0.6 is 11.3 Å². The predicted molar refractivity (Wildman–Crippen MR) is 90.1 cm³/mol. The Labute approximate surface area is 129 Å². The van der Waals surface area contributed by atoms with E-state index in [0.29, 0.717) is 32.1 Å². The highest BCUT2D eigenvalue weighted by Gasteiger charge is 2.08. The number of thiophene rings is 1. The van der Waals surface area contributed by atoms with Gasteiger partial charge in [0.15, 0.2) is 0 Å². The zero-order chi connectivity index (χ0) is 15.2. The highest BCUT2D eigenvalue weighted by atomic mass is 32.1. The first-order valence-electron chi connectivity index (χ1n) is 6.91. The van der Waals surface area contributed by atoms with Gasteiger partial charge in [0.25, 0.3) is 0 Å². The molecule has 0 unspecified atom stereocenters. The molecule has 0 aliphatic carbocycles. The van der Waals surface area contributed by atoms with Gasteiger partial charge in [0.2, 0.25) is 5.88 Å². The minimum absolute atomic E-state index is 0.521. The standard InChI is InChI=1S/C15H22N4OS/c1-11-9-13-10-14(3-4-15(13)21-11)18-20-12(2)19(7-5-16)8-6-17/h3-4,9-10,18H,2,5-8,16-17H2,1H3. The lowest BCUT2D eigenvalue weighted by Gasteiger charge is -2.24. The largest absolute Gasteiger partial charge is 0.365 e. The number of nitrogens with zero attached hydrogens (tertiary/aromatic N) is 1. The van der Waals surface area contributed by atoms with Gasteiger partial charge in [0, 0.05) is 35.8 Å². The minimum Gasteiger partial charge on any atom is -0.365 e. The maximum Gasteiger partial charge on any atom is 0.215 e. The molecule has 5 nitrogen and oxygen atoms in total. The fraction of sp³-hybridized carbons (Fsp3) is 0.333. The molecule has 0 aliphatic heterocycles. The fourth-order valence-electron chi connectivity index (χ4n) is 2.09. The van der Waals surface area contributed by atoms with Crippen LogP contribution in [0.2, 0.25) is 0 Å². The monoisotopic (exact) mass is 306 g/mol. The molecule has 0 amide bonds. The molecule has 2 aromatic rings. The number of hydrogen-bond donors (Lipinski definition) is 3. The molecule has 6 heteroatoms. The third-order valence-corrected chi connectivity index (χ3v) is 4.11. The lowest BCUT2D eigenvalue weighted by Crippen LogP contribution is -2.34. The van der Waals surface area contributed by atoms with E-state index in [1.165, 1.54) is 15.0 Å². The number of anilines is 1. The van der Waals surface area contributed by atoms with Crippen molar-refractivity contribution in [2.75, 3.05) is 31.7 Å². The Bertz CT molecular complexity index is 605. The van der Waals surface area contributed by atoms with Crippen LogP contribution in [0.1, 0.15) is 4.88 Å². The van der Waals surface area contributed by atoms with Crippen molar-refractivity contribution in [3.8, 4) is 0 Å². The van der Waals surface area contributed by atoms with E-state index in [2.05, 4.69) is 37.2 Å². The molecule has 0 fully saturated rings. The van der Waals surface area contributed by atoms with Gasteiger partial charge in [-0.1, -0.05) is 0 Å². The summed E-state index contributed by atoms with van der Waals surface area (Å²) in [5.41, 5.74) is 15.0. The number of fused-ring (bicyclic) bond motifs is 1. The quantitative estimate of drug-likeness (QED) is 0.515. The molecule has 0 saturated carbocycles. The van der Waals surface area contributed by atoms with Gasteiger partial charge in [-0.3, -0.25) is 0 Å². The summed E-state index contributed by atoms with van der Waals surface area (Å²) < 4.78 is 1.27. The number of rotatable bonds is 8. The van der Waals surface area contributed by atoms with Gasteiger partial charge in [-0.25, -0.2) is 5.48 Å². The number of nitrogens with one attached hydrogen (secondary N) is 1. The molecule has 0 bridgehead atoms. The molecule has 5 N–H and O–H groups in total. The summed E-state index contributed by atoms with van der Waals surface area (Å²) in [7, 11) is 0. The molecule has 0 radical (unpaired) electrons. The van der Waals surface area contributed by atoms with E-state index < -0.39 is 0 Å². The van der Waals surface area contributed by atoms with Gasteiger partial charge in [0.1, 0.15) is 0 Å². The van der Waals surface area contributed by atoms with Gasteiger partial charge in [-0.2, -0.15) is 0 Å². The average molecular weight is 306 g/mol. The topological polar surface area (TPSA) is 76.5 Å². The third-order valence-electron chi connectivity index (χ3n) is 3.08. The van der Waals surface area contributed by atoms with Crippen molar-refractivity contribution in [2.45, 2.75) is 6.92 Å². The zero-order valence-corrected chi connectivity index (χ0v) is 13.1. The van der Waals surface area contributed by atoms with Crippen LogP contribution in [0.25, 0.3) is 10.1 Å². The van der Waals surface area contributed by atoms with Gasteiger partial charge < -0.3 is 21.2 Å². The van der Waals surface area contributed by atoms with E-state index in [9.17, 15) is 0 Å². The lowest BCUT2D eigenvalue weighted by atomic mass is 10.2. The molecule has 2 rings (SSSR count). The second-order valence-corrected chi connectivity index (χ2v) is 6.06. The van der Waals surface area contributed by atoms with Crippen LogP contribution in [0, 0.1) is 6.92 Å². The zero-order valence-electron chi connectivity index (χ0n) is 12.3. The highest BCUT2D eigenvalue weighted by molar-refractivity contribution is 7.19. The Morgan fingerprint density at radius 3 is 2.67 bits per heavy atom. The van der Waals surface area contributed by atoms with Crippen molar-refractivity contribution >= 4 is 27.1 Å². The van der Waals surface area contributed by atoms with Crippen LogP contribution in [0.5, 0.6) is 0 Å². The number of hydrogen-bond acceptors (Lipinski definition) is 6. The third kappa shape index (κ3) is 4.10. The lowest BCUT2D eigenvalue weighted by molar-refractivity contribution is 0.157. The summed E-state index contributed by atoms with van der Waals surface area (Å²) in [6.45, 7) is 8.41. The van der Waals surface area contributed by atoms with Crippen molar-refractivity contribution in [2.24, 2.45) is 11.5 Å². The summed E-state index contributed by atoms with van der Waals surface area (Å²) in [5.74, 6) is 0.521. The number of benzene rings is 1. The minimum atomic E-state index is 0.521. The smallest absolute Gasteiger partial charge is 0.215 e. The summed E-state index contributed by atoms with van der Waals surface area (Å²) in [6.07, 6.45) is 0. The Hall–Kier alpha value is -1.76. The van der Waals surface area contributed by atoms with E-state index in [-0.39, 0.29) is 0 Å². The molecule has 0 atom stereocenters. The molecular formula is C15H22N4OS. The van der Waals surface area contributed by atoms with Crippen molar-refractivity contribution < 1.29 is 4.84 Å². The Kier molecular flexibility index (Phi) is 5.44. The number of aryl methyl sites for hydroxylation is 1. The fourth-order valence-corrected chi connectivity index (χ4v) is 3.00. The van der Waals surface area contributed by atoms with Crippen LogP contribution in [-0.2, 0) is 4.84 Å². The maximum absolute atomic E-state index is 5.57. The van der Waals surface area contributed by atoms with E-state index in [4.69, 9.17) is 16.3 Å². The Morgan fingerprint density at radius 1 is 1.29 bits per heavy atom. The predicted octanol–water partition coefficient (Wildman–Crippen LogP) is 2.24. The second-order valence-electron chi connectivity index (χ2n) is 4.77. The van der Waals surface area contributed by atoms with E-state index in [1.807, 2.05) is 11.0 Å². The SMILES string of the molecule is C=C(ONc1ccc2sc(C)cc2c1)N(CCN)CCN. The molecular weight excluding hydrogens is 284 g/mol. The summed E-state index contributed by atoms with van der Waals surface area (Å²) >= 11 is 1.78. The van der Waals surface area contributed by atoms with Crippen molar-refractivity contribution in [3.05, 3.63) is 41.6 Å². The van der Waals surface area contributed by atoms with Crippen molar-refractivity contribution in [1.29, 1.82) is 0 Å². The van der Waals surface area contributed by atoms with Crippen LogP contribution in [-0.4, -0.2) is 31.1 Å². The second kappa shape index (κ2) is 7.31. The highest BCUT2D eigenvalue weighted by Crippen LogP contribution is 2.27. The molecule has 0 aliphatic rings. The van der Waals surface area contributed by atoms with E-state index >= 15 is 0 Å². The normalized spacial score (nSPS) is 10.6. The first kappa shape index (κ1) is 15.6. The summed E-state index contributed by atoms with van der Waals surface area (Å²) in [4.78, 5) is 8.74. The molecule has 1 heterocycles. The van der Waals surface area contributed by atoms with Gasteiger partial charge in [-0.15, -0.1) is 11.3 Å². The van der Waals surface area contributed by atoms with Crippen molar-refractivity contribution in [1.82, 2.24) is 4.90 Å². The van der Waals surface area contributed by atoms with Crippen LogP contribution in [0.3, 0.4) is 0 Å². The first-order chi connectivity index (χ1) is 10.1. The van der Waals surface area contributed by atoms with Gasteiger partial charge in [0.05, 0.1) is 5.69 Å². The Balaban J connectivity index is 1.98. The van der Waals surface area contributed by atoms with Crippen LogP contribution in [0.15, 0.2) is 36.7 Å². The van der Waals surface area contributed by atoms with Crippen LogP contribution in [0.4, 0.5) is 5.69 Å². The van der Waals surface area contributed by atoms with Crippen molar-refractivity contribution in [3.63, 3.8) is 0 Å².